The molecule has 9 heavy (non-hydrogen) atoms. The van der Waals surface area contributed by atoms with Gasteiger partial charge in [0.2, 0.25) is 0 Å². The van der Waals surface area contributed by atoms with Gasteiger partial charge in [0.05, 0.1) is 12.2 Å². The molecule has 0 amide bonds. The fourth-order valence-electron chi connectivity index (χ4n) is 1.61. The van der Waals surface area contributed by atoms with Gasteiger partial charge in [-0.3, -0.25) is 0 Å². The Hall–Kier alpha value is -0.370. The van der Waals surface area contributed by atoms with Crippen LogP contribution in [0.1, 0.15) is 19.3 Å². The first-order valence-electron chi connectivity index (χ1n) is 3.44. The maximum Gasteiger partial charge on any atom is 0.123 e. The Morgan fingerprint density at radius 3 is 2.78 bits per heavy atom. The van der Waals surface area contributed by atoms with E-state index in [9.17, 15) is 4.79 Å². The van der Waals surface area contributed by atoms with Gasteiger partial charge < -0.3 is 9.53 Å². The van der Waals surface area contributed by atoms with Crippen LogP contribution in [-0.2, 0) is 9.53 Å². The molecular formula is C7H10O2. The van der Waals surface area contributed by atoms with Crippen molar-refractivity contribution in [2.75, 3.05) is 6.61 Å². The van der Waals surface area contributed by atoms with Crippen LogP contribution in [0, 0.1) is 5.92 Å². The number of hydrogen-bond acceptors (Lipinski definition) is 2. The monoisotopic (exact) mass is 126 g/mol. The molecule has 0 aromatic carbocycles. The van der Waals surface area contributed by atoms with E-state index in [0.717, 1.165) is 32.2 Å². The second kappa shape index (κ2) is 1.57. The average molecular weight is 126 g/mol. The fourth-order valence-corrected chi connectivity index (χ4v) is 1.61. The third-order valence-electron chi connectivity index (χ3n) is 2.35. The van der Waals surface area contributed by atoms with Gasteiger partial charge >= 0.3 is 0 Å². The molecule has 1 spiro atoms. The Morgan fingerprint density at radius 2 is 2.44 bits per heavy atom. The zero-order chi connectivity index (χ0) is 6.32. The SMILES string of the molecule is O=CC1CCC2(CO2)C1. The molecule has 50 valence electrons. The molecule has 2 rings (SSSR count). The first kappa shape index (κ1) is 5.42. The second-order valence-electron chi connectivity index (χ2n) is 3.11. The van der Waals surface area contributed by atoms with Gasteiger partial charge in [0.1, 0.15) is 6.29 Å². The zero-order valence-electron chi connectivity index (χ0n) is 5.30. The van der Waals surface area contributed by atoms with Gasteiger partial charge in [-0.25, -0.2) is 0 Å². The van der Waals surface area contributed by atoms with E-state index in [1.807, 2.05) is 0 Å². The van der Waals surface area contributed by atoms with Crippen molar-refractivity contribution in [1.82, 2.24) is 0 Å². The minimum atomic E-state index is 0.186. The lowest BCUT2D eigenvalue weighted by Gasteiger charge is -1.96. The predicted octanol–water partition coefficient (Wildman–Crippen LogP) is 0.754. The molecule has 2 nitrogen and oxygen atoms in total. The Balaban J connectivity index is 2.00. The molecule has 2 heteroatoms. The summed E-state index contributed by atoms with van der Waals surface area (Å²) < 4.78 is 5.23. The Bertz CT molecular complexity index is 138. The summed E-state index contributed by atoms with van der Waals surface area (Å²) in [4.78, 5) is 10.3. The molecule has 2 unspecified atom stereocenters. The van der Waals surface area contributed by atoms with Crippen molar-refractivity contribution in [3.63, 3.8) is 0 Å². The Kier molecular flexibility index (Phi) is 0.943. The first-order chi connectivity index (χ1) is 4.35. The van der Waals surface area contributed by atoms with Crippen molar-refractivity contribution in [2.24, 2.45) is 5.92 Å². The number of hydrogen-bond donors (Lipinski definition) is 0. The van der Waals surface area contributed by atoms with Crippen LogP contribution in [0.5, 0.6) is 0 Å². The molecule has 0 aromatic heterocycles. The van der Waals surface area contributed by atoms with Gasteiger partial charge in [0.25, 0.3) is 0 Å². The quantitative estimate of drug-likeness (QED) is 0.383. The maximum absolute atomic E-state index is 10.3. The Morgan fingerprint density at radius 1 is 1.67 bits per heavy atom. The lowest BCUT2D eigenvalue weighted by molar-refractivity contribution is -0.111. The summed E-state index contributed by atoms with van der Waals surface area (Å²) in [6.45, 7) is 0.900. The van der Waals surface area contributed by atoms with E-state index in [0.29, 0.717) is 5.92 Å². The minimum Gasteiger partial charge on any atom is -0.370 e. The summed E-state index contributed by atoms with van der Waals surface area (Å²) >= 11 is 0. The summed E-state index contributed by atoms with van der Waals surface area (Å²) in [5.74, 6) is 0.299. The second-order valence-corrected chi connectivity index (χ2v) is 3.11. The number of aldehydes is 1. The van der Waals surface area contributed by atoms with Crippen molar-refractivity contribution in [3.8, 4) is 0 Å². The maximum atomic E-state index is 10.3. The number of carbonyl (C=O) groups excluding carboxylic acids is 1. The van der Waals surface area contributed by atoms with Gasteiger partial charge in [0.15, 0.2) is 0 Å². The number of carbonyl (C=O) groups is 1. The summed E-state index contributed by atoms with van der Waals surface area (Å²) in [6, 6.07) is 0. The molecule has 1 aliphatic heterocycles. The summed E-state index contributed by atoms with van der Waals surface area (Å²) in [5.41, 5.74) is 0.186. The molecule has 0 N–H and O–H groups in total. The lowest BCUT2D eigenvalue weighted by atomic mass is 10.1. The van der Waals surface area contributed by atoms with E-state index < -0.39 is 0 Å². The highest BCUT2D eigenvalue weighted by atomic mass is 16.6. The molecule has 2 atom stereocenters. The molecule has 2 aliphatic rings. The van der Waals surface area contributed by atoms with Crippen LogP contribution in [0.2, 0.25) is 0 Å². The third-order valence-corrected chi connectivity index (χ3v) is 2.35. The number of rotatable bonds is 1. The predicted molar refractivity (Wildman–Crippen MR) is 32.1 cm³/mol. The van der Waals surface area contributed by atoms with Crippen molar-refractivity contribution in [1.29, 1.82) is 0 Å². The fraction of sp³-hybridized carbons (Fsp3) is 0.857. The van der Waals surface area contributed by atoms with E-state index in [2.05, 4.69) is 0 Å². The van der Waals surface area contributed by atoms with Gasteiger partial charge in [0, 0.05) is 5.92 Å². The average Bonchev–Trinajstić information content (AvgIpc) is 2.44. The standard InChI is InChI=1S/C7H10O2/c8-4-6-1-2-7(3-6)5-9-7/h4,6H,1-3,5H2. The topological polar surface area (TPSA) is 29.6 Å². The first-order valence-corrected chi connectivity index (χ1v) is 3.44. The van der Waals surface area contributed by atoms with Crippen LogP contribution in [0.25, 0.3) is 0 Å². The summed E-state index contributed by atoms with van der Waals surface area (Å²) in [6.07, 6.45) is 4.20. The zero-order valence-corrected chi connectivity index (χ0v) is 5.30. The molecule has 1 heterocycles. The van der Waals surface area contributed by atoms with Crippen molar-refractivity contribution < 1.29 is 9.53 Å². The van der Waals surface area contributed by atoms with Crippen LogP contribution in [0.3, 0.4) is 0 Å². The van der Waals surface area contributed by atoms with Crippen LogP contribution in [-0.4, -0.2) is 18.5 Å². The van der Waals surface area contributed by atoms with E-state index in [-0.39, 0.29) is 5.60 Å². The largest absolute Gasteiger partial charge is 0.370 e. The van der Waals surface area contributed by atoms with Crippen molar-refractivity contribution in [2.45, 2.75) is 24.9 Å². The van der Waals surface area contributed by atoms with E-state index in [1.165, 1.54) is 0 Å². The van der Waals surface area contributed by atoms with Gasteiger partial charge in [-0.05, 0) is 19.3 Å². The minimum absolute atomic E-state index is 0.186. The van der Waals surface area contributed by atoms with Crippen LogP contribution in [0.15, 0.2) is 0 Å². The number of ether oxygens (including phenoxy) is 1. The molecular weight excluding hydrogens is 116 g/mol. The number of epoxide rings is 1. The molecule has 1 aliphatic carbocycles. The highest BCUT2D eigenvalue weighted by Crippen LogP contribution is 2.45. The highest BCUT2D eigenvalue weighted by molar-refractivity contribution is 5.54. The summed E-state index contributed by atoms with van der Waals surface area (Å²) in [7, 11) is 0. The highest BCUT2D eigenvalue weighted by Gasteiger charge is 2.50. The van der Waals surface area contributed by atoms with Crippen LogP contribution >= 0.6 is 0 Å². The van der Waals surface area contributed by atoms with Gasteiger partial charge in [-0.2, -0.15) is 0 Å². The molecule has 2 fully saturated rings. The normalized spacial score (nSPS) is 47.8. The lowest BCUT2D eigenvalue weighted by Crippen LogP contribution is -2.04. The molecule has 1 saturated carbocycles. The van der Waals surface area contributed by atoms with E-state index in [1.54, 1.807) is 0 Å². The molecule has 0 bridgehead atoms. The van der Waals surface area contributed by atoms with Crippen molar-refractivity contribution in [3.05, 3.63) is 0 Å². The third kappa shape index (κ3) is 0.778. The Labute approximate surface area is 54.2 Å². The van der Waals surface area contributed by atoms with E-state index in [4.69, 9.17) is 4.74 Å². The van der Waals surface area contributed by atoms with Gasteiger partial charge in [-0.1, -0.05) is 0 Å². The molecule has 0 aromatic rings. The summed E-state index contributed by atoms with van der Waals surface area (Å²) in [5, 5.41) is 0. The van der Waals surface area contributed by atoms with Gasteiger partial charge in [-0.15, -0.1) is 0 Å². The molecule has 1 saturated heterocycles. The van der Waals surface area contributed by atoms with Crippen LogP contribution in [0.4, 0.5) is 0 Å². The smallest absolute Gasteiger partial charge is 0.123 e. The van der Waals surface area contributed by atoms with Crippen molar-refractivity contribution >= 4 is 6.29 Å². The van der Waals surface area contributed by atoms with E-state index >= 15 is 0 Å². The van der Waals surface area contributed by atoms with Crippen LogP contribution < -0.4 is 0 Å². The molecule has 0 radical (unpaired) electrons.